The Morgan fingerprint density at radius 3 is 2.24 bits per heavy atom. The Labute approximate surface area is 229 Å². The molecule has 0 bridgehead atoms. The van der Waals surface area contributed by atoms with Crippen molar-refractivity contribution in [2.45, 2.75) is 32.9 Å². The number of nitrogens with one attached hydrogen (secondary N) is 1. The van der Waals surface area contributed by atoms with Crippen molar-refractivity contribution in [1.29, 1.82) is 0 Å². The van der Waals surface area contributed by atoms with Gasteiger partial charge in [0.05, 0.1) is 31.0 Å². The van der Waals surface area contributed by atoms with Crippen LogP contribution in [-0.2, 0) is 4.74 Å². The molecule has 4 aromatic rings. The van der Waals surface area contributed by atoms with Gasteiger partial charge in [0.1, 0.15) is 0 Å². The van der Waals surface area contributed by atoms with E-state index in [1.165, 1.54) is 33.9 Å². The molecule has 2 aromatic carbocycles. The van der Waals surface area contributed by atoms with Crippen LogP contribution in [0.15, 0.2) is 79.0 Å². The maximum Gasteiger partial charge on any atom is 0.174 e. The lowest BCUT2D eigenvalue weighted by atomic mass is 9.96. The van der Waals surface area contributed by atoms with Crippen LogP contribution in [0.3, 0.4) is 0 Å². The van der Waals surface area contributed by atoms with Crippen molar-refractivity contribution in [3.63, 3.8) is 0 Å². The van der Waals surface area contributed by atoms with E-state index in [-0.39, 0.29) is 12.1 Å². The topological polar surface area (TPSA) is 45.6 Å². The van der Waals surface area contributed by atoms with Gasteiger partial charge in [-0.1, -0.05) is 23.8 Å². The van der Waals surface area contributed by atoms with E-state index in [4.69, 9.17) is 21.9 Å². The first kappa shape index (κ1) is 24.6. The summed E-state index contributed by atoms with van der Waals surface area (Å²) in [6.45, 7) is 9.87. The van der Waals surface area contributed by atoms with E-state index in [1.54, 1.807) is 0 Å². The number of ether oxygens (including phenoxy) is 1. The van der Waals surface area contributed by atoms with Gasteiger partial charge in [-0.15, -0.1) is 0 Å². The summed E-state index contributed by atoms with van der Waals surface area (Å²) >= 11 is 5.98. The molecule has 0 spiro atoms. The van der Waals surface area contributed by atoms with E-state index >= 15 is 0 Å². The summed E-state index contributed by atoms with van der Waals surface area (Å²) < 4.78 is 7.87. The van der Waals surface area contributed by atoms with Gasteiger partial charge in [0, 0.05) is 47.7 Å². The summed E-state index contributed by atoms with van der Waals surface area (Å²) in [5.74, 6) is 0. The van der Waals surface area contributed by atoms with Crippen LogP contribution in [0.4, 0.5) is 11.4 Å². The highest BCUT2D eigenvalue weighted by Crippen LogP contribution is 2.44. The minimum atomic E-state index is -0.0745. The van der Waals surface area contributed by atoms with Gasteiger partial charge < -0.3 is 24.4 Å². The molecular weight excluding hydrogens is 490 g/mol. The van der Waals surface area contributed by atoms with Crippen molar-refractivity contribution >= 4 is 28.7 Å². The van der Waals surface area contributed by atoms with Crippen LogP contribution in [0.25, 0.3) is 5.69 Å². The minimum absolute atomic E-state index is 0.0444. The van der Waals surface area contributed by atoms with E-state index in [1.807, 2.05) is 18.3 Å². The molecule has 2 aromatic heterocycles. The number of hydrogen-bond acceptors (Lipinski definition) is 4. The van der Waals surface area contributed by atoms with Gasteiger partial charge in [-0.2, -0.15) is 0 Å². The van der Waals surface area contributed by atoms with Crippen molar-refractivity contribution in [3.05, 3.63) is 107 Å². The molecule has 6 nitrogen and oxygen atoms in total. The van der Waals surface area contributed by atoms with Gasteiger partial charge in [-0.05, 0) is 93.1 Å². The van der Waals surface area contributed by atoms with Gasteiger partial charge in [0.25, 0.3) is 0 Å². The fourth-order valence-corrected chi connectivity index (χ4v) is 6.12. The highest BCUT2D eigenvalue weighted by Gasteiger charge is 2.42. The highest BCUT2D eigenvalue weighted by atomic mass is 32.1. The lowest BCUT2D eigenvalue weighted by Gasteiger charge is -2.31. The molecule has 1 N–H and O–H groups in total. The van der Waals surface area contributed by atoms with E-state index < -0.39 is 0 Å². The lowest BCUT2D eigenvalue weighted by Crippen LogP contribution is -2.36. The number of aromatic nitrogens is 2. The molecule has 2 saturated heterocycles. The number of morpholine rings is 1. The van der Waals surface area contributed by atoms with Gasteiger partial charge >= 0.3 is 0 Å². The van der Waals surface area contributed by atoms with E-state index in [0.29, 0.717) is 5.11 Å². The Hall–Kier alpha value is -3.68. The second kappa shape index (κ2) is 10.2. The molecule has 38 heavy (non-hydrogen) atoms. The van der Waals surface area contributed by atoms with Crippen LogP contribution in [0.2, 0.25) is 0 Å². The predicted molar refractivity (Wildman–Crippen MR) is 157 cm³/mol. The van der Waals surface area contributed by atoms with Crippen molar-refractivity contribution in [3.8, 4) is 5.69 Å². The molecule has 2 aliphatic heterocycles. The number of anilines is 2. The summed E-state index contributed by atoms with van der Waals surface area (Å²) in [6.07, 6.45) is 1.85. The standard InChI is InChI=1S/C31H33N5OS/c1-21-7-9-25(10-8-21)35-22(2)20-27(23(35)3)30-29(28-6-4-5-15-32-28)33-31(38)36(30)26-13-11-24(12-14-26)34-16-18-37-19-17-34/h4-15,20,29-30H,16-19H2,1-3H3,(H,33,38)/t29-,30+/m0/s1. The third-order valence-electron chi connectivity index (χ3n) is 7.68. The molecule has 7 heteroatoms. The fourth-order valence-electron chi connectivity index (χ4n) is 5.77. The quantitative estimate of drug-likeness (QED) is 0.333. The summed E-state index contributed by atoms with van der Waals surface area (Å²) in [5.41, 5.74) is 9.33. The van der Waals surface area contributed by atoms with Gasteiger partial charge in [-0.3, -0.25) is 4.98 Å². The molecule has 194 valence electrons. The molecule has 2 fully saturated rings. The number of nitrogens with zero attached hydrogens (tertiary/aromatic N) is 4. The lowest BCUT2D eigenvalue weighted by molar-refractivity contribution is 0.122. The summed E-state index contributed by atoms with van der Waals surface area (Å²) in [7, 11) is 0. The Morgan fingerprint density at radius 1 is 0.868 bits per heavy atom. The summed E-state index contributed by atoms with van der Waals surface area (Å²) in [4.78, 5) is 9.36. The van der Waals surface area contributed by atoms with Crippen LogP contribution in [0, 0.1) is 20.8 Å². The van der Waals surface area contributed by atoms with Gasteiger partial charge in [-0.25, -0.2) is 0 Å². The number of aryl methyl sites for hydroxylation is 2. The van der Waals surface area contributed by atoms with Gasteiger partial charge in [0.2, 0.25) is 0 Å². The minimum Gasteiger partial charge on any atom is -0.378 e. The zero-order valence-corrected chi connectivity index (χ0v) is 22.9. The molecule has 2 aliphatic rings. The fraction of sp³-hybridized carbons (Fsp3) is 0.290. The van der Waals surface area contributed by atoms with Crippen molar-refractivity contribution in [1.82, 2.24) is 14.9 Å². The molecule has 0 unspecified atom stereocenters. The molecule has 6 rings (SSSR count). The Kier molecular flexibility index (Phi) is 6.64. The molecule has 0 aliphatic carbocycles. The summed E-state index contributed by atoms with van der Waals surface area (Å²) in [5, 5.41) is 4.32. The van der Waals surface area contributed by atoms with Crippen molar-refractivity contribution in [2.75, 3.05) is 36.1 Å². The number of hydrogen-bond donors (Lipinski definition) is 1. The largest absolute Gasteiger partial charge is 0.378 e. The first-order chi connectivity index (χ1) is 18.5. The average Bonchev–Trinajstić information content (AvgIpc) is 3.45. The van der Waals surface area contributed by atoms with Crippen LogP contribution >= 0.6 is 12.2 Å². The Bertz CT molecular complexity index is 1430. The highest BCUT2D eigenvalue weighted by molar-refractivity contribution is 7.80. The maximum absolute atomic E-state index is 5.98. The first-order valence-electron chi connectivity index (χ1n) is 13.2. The SMILES string of the molecule is Cc1ccc(-n2c(C)cc([C@@H]3[C@H](c4ccccn4)NC(=S)N3c3ccc(N4CCOCC4)cc3)c2C)cc1. The predicted octanol–water partition coefficient (Wildman–Crippen LogP) is 5.81. The first-order valence-corrected chi connectivity index (χ1v) is 13.6. The van der Waals surface area contributed by atoms with Crippen LogP contribution < -0.4 is 15.1 Å². The Balaban J connectivity index is 1.43. The molecular formula is C31H33N5OS. The summed E-state index contributed by atoms with van der Waals surface area (Å²) in [6, 6.07) is 25.7. The molecule has 2 atom stereocenters. The molecule has 0 radical (unpaired) electrons. The zero-order chi connectivity index (χ0) is 26.2. The maximum atomic E-state index is 5.98. The Morgan fingerprint density at radius 2 is 1.55 bits per heavy atom. The number of rotatable bonds is 5. The monoisotopic (exact) mass is 523 g/mol. The zero-order valence-electron chi connectivity index (χ0n) is 22.1. The third-order valence-corrected chi connectivity index (χ3v) is 8.00. The van der Waals surface area contributed by atoms with E-state index in [9.17, 15) is 0 Å². The average molecular weight is 524 g/mol. The second-order valence-electron chi connectivity index (χ2n) is 10.1. The normalized spacial score (nSPS) is 19.6. The van der Waals surface area contributed by atoms with E-state index in [2.05, 4.69) is 101 Å². The number of benzene rings is 2. The number of pyridine rings is 1. The number of thiocarbonyl (C=S) groups is 1. The molecule has 0 amide bonds. The van der Waals surface area contributed by atoms with Crippen molar-refractivity contribution < 1.29 is 4.74 Å². The van der Waals surface area contributed by atoms with Gasteiger partial charge in [0.15, 0.2) is 5.11 Å². The van der Waals surface area contributed by atoms with E-state index in [0.717, 1.165) is 37.7 Å². The van der Waals surface area contributed by atoms with Crippen LogP contribution in [-0.4, -0.2) is 41.0 Å². The molecule has 4 heterocycles. The van der Waals surface area contributed by atoms with Crippen molar-refractivity contribution in [2.24, 2.45) is 0 Å². The third kappa shape index (κ3) is 4.46. The molecule has 0 saturated carbocycles. The smallest absolute Gasteiger partial charge is 0.174 e. The van der Waals surface area contributed by atoms with Crippen LogP contribution in [0.5, 0.6) is 0 Å². The van der Waals surface area contributed by atoms with Crippen LogP contribution in [0.1, 0.15) is 40.3 Å². The second-order valence-corrected chi connectivity index (χ2v) is 10.5.